The summed E-state index contributed by atoms with van der Waals surface area (Å²) in [4.78, 5) is 47.4. The molecule has 9 heterocycles. The maximum Gasteiger partial charge on any atom is 0.160 e. The molecule has 9 aromatic heterocycles. The fourth-order valence-electron chi connectivity index (χ4n) is 19.0. The molecule has 135 heavy (non-hydrogen) atoms. The molecule has 0 atom stereocenters. The van der Waals surface area contributed by atoms with Crippen molar-refractivity contribution < 1.29 is 4.42 Å². The molecule has 0 fully saturated rings. The normalized spacial score (nSPS) is 11.6. The summed E-state index contributed by atoms with van der Waals surface area (Å²) in [5.41, 5.74) is 28.4. The van der Waals surface area contributed by atoms with E-state index in [0.29, 0.717) is 17.5 Å². The third kappa shape index (κ3) is 14.7. The van der Waals surface area contributed by atoms with Gasteiger partial charge in [0.25, 0.3) is 0 Å². The molecular formula is C123H75N9OS2. The number of aromatic nitrogens is 9. The van der Waals surface area contributed by atoms with Gasteiger partial charge in [0.1, 0.15) is 27.7 Å². The third-order valence-electron chi connectivity index (χ3n) is 25.5. The summed E-state index contributed by atoms with van der Waals surface area (Å²) in [6.45, 7) is 0. The standard InChI is InChI=1S/C41H25N3O.2C41H25N3S/c1-4-12-26(13-5-1)33-25-35(29-20-23-37-34(24-29)30-18-10-11-19-36(30)45-37)42-39-31(33)21-22-32-38(27-14-6-2-7-15-27)43-41(44-40(32)39)28-16-8-3-9-17-28;1-4-13-26(14-5-1)34-25-35(32-21-12-20-31-29-19-10-11-22-36(29)45-40(31)32)42-38-30(34)23-24-33-37(27-15-6-2-7-16-27)43-41(44-39(33)38)28-17-8-3-9-18-28;1-4-12-26(13-5-1)33-25-35(27-14-6-2-7-15-27)42-39-31(33)21-22-32-38(43-41(44-40(32)39)28-16-8-3-9-17-28)29-20-23-37-34(24-29)30-18-10-11-19-36(30)45-37/h3*1-25H. The van der Waals surface area contributed by atoms with Gasteiger partial charge < -0.3 is 4.42 Å². The number of furan rings is 1. The number of rotatable bonds is 12. The van der Waals surface area contributed by atoms with Crippen LogP contribution in [0.2, 0.25) is 0 Å². The zero-order chi connectivity index (χ0) is 89.2. The molecule has 0 bridgehead atoms. The lowest BCUT2D eigenvalue weighted by atomic mass is 9.95. The van der Waals surface area contributed by atoms with E-state index in [4.69, 9.17) is 49.3 Å². The molecular weight excluding hydrogens is 1680 g/mol. The van der Waals surface area contributed by atoms with Gasteiger partial charge in [0.2, 0.25) is 0 Å². The number of thiophene rings is 2. The van der Waals surface area contributed by atoms with Crippen LogP contribution in [0.15, 0.2) is 459 Å². The van der Waals surface area contributed by atoms with Crippen LogP contribution in [0.1, 0.15) is 0 Å². The molecule has 630 valence electrons. The summed E-state index contributed by atoms with van der Waals surface area (Å²) in [7, 11) is 0. The van der Waals surface area contributed by atoms with Gasteiger partial charge in [-0.1, -0.05) is 370 Å². The van der Waals surface area contributed by atoms with Crippen molar-refractivity contribution in [1.29, 1.82) is 0 Å². The molecule has 0 radical (unpaired) electrons. The van der Waals surface area contributed by atoms with Crippen LogP contribution >= 0.6 is 22.7 Å². The van der Waals surface area contributed by atoms with E-state index in [0.717, 1.165) is 205 Å². The van der Waals surface area contributed by atoms with Gasteiger partial charge in [-0.2, -0.15) is 0 Å². The number of para-hydroxylation sites is 1. The molecule has 0 saturated heterocycles. The molecule has 0 unspecified atom stereocenters. The van der Waals surface area contributed by atoms with Crippen molar-refractivity contribution in [3.05, 3.63) is 455 Å². The molecule has 18 aromatic carbocycles. The van der Waals surface area contributed by atoms with Crippen LogP contribution in [0.4, 0.5) is 0 Å². The van der Waals surface area contributed by atoms with E-state index in [1.54, 1.807) is 0 Å². The predicted molar refractivity (Wildman–Crippen MR) is 563 cm³/mol. The van der Waals surface area contributed by atoms with Crippen molar-refractivity contribution in [2.24, 2.45) is 0 Å². The summed E-state index contributed by atoms with van der Waals surface area (Å²) >= 11 is 3.65. The van der Waals surface area contributed by atoms with Crippen molar-refractivity contribution in [2.75, 3.05) is 0 Å². The number of hydrogen-bond acceptors (Lipinski definition) is 12. The summed E-state index contributed by atoms with van der Waals surface area (Å²) in [6.07, 6.45) is 0. The zero-order valence-electron chi connectivity index (χ0n) is 72.6. The number of fused-ring (bicyclic) bond motifs is 18. The molecule has 0 aliphatic carbocycles. The molecule has 27 rings (SSSR count). The van der Waals surface area contributed by atoms with E-state index in [9.17, 15) is 0 Å². The highest BCUT2D eigenvalue weighted by atomic mass is 32.1. The fraction of sp³-hybridized carbons (Fsp3) is 0. The van der Waals surface area contributed by atoms with Crippen LogP contribution in [0.25, 0.3) is 263 Å². The van der Waals surface area contributed by atoms with Crippen molar-refractivity contribution in [3.63, 3.8) is 0 Å². The van der Waals surface area contributed by atoms with E-state index >= 15 is 0 Å². The van der Waals surface area contributed by atoms with Crippen LogP contribution < -0.4 is 0 Å². The van der Waals surface area contributed by atoms with Gasteiger partial charge in [-0.25, -0.2) is 44.9 Å². The highest BCUT2D eigenvalue weighted by Gasteiger charge is 2.25. The smallest absolute Gasteiger partial charge is 0.160 e. The lowest BCUT2D eigenvalue weighted by molar-refractivity contribution is 0.669. The Bertz CT molecular complexity index is 9140. The van der Waals surface area contributed by atoms with Gasteiger partial charge in [0.05, 0.1) is 50.7 Å². The van der Waals surface area contributed by atoms with E-state index in [1.807, 2.05) is 138 Å². The summed E-state index contributed by atoms with van der Waals surface area (Å²) in [5.74, 6) is 2.05. The Morgan fingerprint density at radius 1 is 0.156 bits per heavy atom. The van der Waals surface area contributed by atoms with Gasteiger partial charge >= 0.3 is 0 Å². The Hall–Kier alpha value is -17.6. The molecule has 10 nitrogen and oxygen atoms in total. The van der Waals surface area contributed by atoms with Crippen molar-refractivity contribution in [2.45, 2.75) is 0 Å². The van der Waals surface area contributed by atoms with Crippen molar-refractivity contribution in [1.82, 2.24) is 44.9 Å². The van der Waals surface area contributed by atoms with Gasteiger partial charge in [-0.3, -0.25) is 0 Å². The van der Waals surface area contributed by atoms with Crippen LogP contribution in [0.3, 0.4) is 0 Å². The number of pyridine rings is 3. The SMILES string of the molecule is c1ccc(-c2cc(-c3ccccc3)c3ccc4c(-c5ccc6sc7ccccc7c6c5)nc(-c5ccccc5)nc4c3n2)cc1.c1ccc(-c2nc(-c3ccccc3)c3ccc4c(-c5ccccc5)cc(-c5ccc6oc7ccccc7c6c5)nc4c3n2)cc1.c1ccc(-c2nc(-c3ccccc3)c3ccc4c(-c5ccccc5)cc(-c5cccc6c5sc5ccccc56)nc4c3n2)cc1. The number of hydrogen-bond donors (Lipinski definition) is 0. The molecule has 0 N–H and O–H groups in total. The average molecular weight is 1760 g/mol. The minimum absolute atomic E-state index is 0.675. The lowest BCUT2D eigenvalue weighted by Crippen LogP contribution is -1.98. The van der Waals surface area contributed by atoms with E-state index < -0.39 is 0 Å². The number of nitrogens with zero attached hydrogens (tertiary/aromatic N) is 9. The first-order valence-corrected chi connectivity index (χ1v) is 46.7. The van der Waals surface area contributed by atoms with Gasteiger partial charge in [0, 0.05) is 134 Å². The topological polar surface area (TPSA) is 129 Å². The highest BCUT2D eigenvalue weighted by molar-refractivity contribution is 7.26. The molecule has 0 amide bonds. The second-order valence-corrected chi connectivity index (χ2v) is 35.8. The van der Waals surface area contributed by atoms with Crippen molar-refractivity contribution in [3.8, 4) is 135 Å². The first-order chi connectivity index (χ1) is 66.9. The first-order valence-electron chi connectivity index (χ1n) is 45.1. The van der Waals surface area contributed by atoms with Crippen LogP contribution in [-0.2, 0) is 0 Å². The Balaban J connectivity index is 0.000000108. The zero-order valence-corrected chi connectivity index (χ0v) is 74.2. The van der Waals surface area contributed by atoms with Crippen molar-refractivity contribution >= 4 is 150 Å². The third-order valence-corrected chi connectivity index (χ3v) is 27.8. The van der Waals surface area contributed by atoms with Gasteiger partial charge in [0.15, 0.2) is 17.5 Å². The van der Waals surface area contributed by atoms with Crippen LogP contribution in [0.5, 0.6) is 0 Å². The summed E-state index contributed by atoms with van der Waals surface area (Å²) in [5, 5.41) is 13.3. The fourth-order valence-corrected chi connectivity index (χ4v) is 21.3. The van der Waals surface area contributed by atoms with Crippen LogP contribution in [0, 0.1) is 0 Å². The number of benzene rings is 18. The summed E-state index contributed by atoms with van der Waals surface area (Å²) in [6, 6.07) is 158. The van der Waals surface area contributed by atoms with E-state index in [1.165, 1.54) is 40.3 Å². The minimum Gasteiger partial charge on any atom is -0.456 e. The predicted octanol–water partition coefficient (Wildman–Crippen LogP) is 33.2. The molecule has 0 aliphatic rings. The molecule has 12 heteroatoms. The highest BCUT2D eigenvalue weighted by Crippen LogP contribution is 2.48. The largest absolute Gasteiger partial charge is 0.456 e. The monoisotopic (exact) mass is 1760 g/mol. The Kier molecular flexibility index (Phi) is 20.1. The van der Waals surface area contributed by atoms with Gasteiger partial charge in [-0.05, 0) is 118 Å². The second-order valence-electron chi connectivity index (χ2n) is 33.6. The van der Waals surface area contributed by atoms with E-state index in [-0.39, 0.29) is 0 Å². The maximum absolute atomic E-state index is 6.14. The molecule has 0 aliphatic heterocycles. The Morgan fingerprint density at radius 3 is 0.941 bits per heavy atom. The Labute approximate surface area is 783 Å². The quantitative estimate of drug-likeness (QED) is 0.109. The first kappa shape index (κ1) is 79.6. The molecule has 0 saturated carbocycles. The average Bonchev–Trinajstić information content (AvgIpc) is 1.08. The Morgan fingerprint density at radius 2 is 0.474 bits per heavy atom. The van der Waals surface area contributed by atoms with Gasteiger partial charge in [-0.15, -0.1) is 22.7 Å². The van der Waals surface area contributed by atoms with E-state index in [2.05, 4.69) is 340 Å². The lowest BCUT2D eigenvalue weighted by Gasteiger charge is -2.15. The molecule has 0 spiro atoms. The van der Waals surface area contributed by atoms with Crippen LogP contribution in [-0.4, -0.2) is 44.9 Å². The second kappa shape index (κ2) is 34.1. The minimum atomic E-state index is 0.675. The maximum atomic E-state index is 6.14. The summed E-state index contributed by atoms with van der Waals surface area (Å²) < 4.78 is 11.2. The molecule has 27 aromatic rings.